The zero-order valence-corrected chi connectivity index (χ0v) is 11.0. The van der Waals surface area contributed by atoms with Crippen molar-refractivity contribution in [1.82, 2.24) is 0 Å². The van der Waals surface area contributed by atoms with E-state index in [0.717, 1.165) is 0 Å². The second-order valence-electron chi connectivity index (χ2n) is 4.22. The Balaban J connectivity index is 0.000000423. The van der Waals surface area contributed by atoms with Gasteiger partial charge in [0.25, 0.3) is 0 Å². The molecular formula is C15H26. The molecule has 0 saturated carbocycles. The summed E-state index contributed by atoms with van der Waals surface area (Å²) in [5.74, 6) is 0.704. The third-order valence-corrected chi connectivity index (χ3v) is 2.72. The zero-order valence-electron chi connectivity index (χ0n) is 11.0. The molecule has 0 saturated heterocycles. The van der Waals surface area contributed by atoms with Crippen LogP contribution in [0.25, 0.3) is 0 Å². The van der Waals surface area contributed by atoms with Crippen LogP contribution in [-0.4, -0.2) is 0 Å². The minimum absolute atomic E-state index is 0.704. The monoisotopic (exact) mass is 206 g/mol. The van der Waals surface area contributed by atoms with Gasteiger partial charge in [-0.05, 0) is 24.8 Å². The fourth-order valence-electron chi connectivity index (χ4n) is 1.21. The standard InChI is InChI=1S/C11H16.C4H10/c1-4-10(3)11-7-5-6-9(2)8-11;1-3-4-2/h5-8,10H,4H2,1-3H3;3-4H2,1-2H3. The molecule has 0 aliphatic rings. The Hall–Kier alpha value is -0.780. The molecule has 15 heavy (non-hydrogen) atoms. The average Bonchev–Trinajstić information content (AvgIpc) is 2.28. The van der Waals surface area contributed by atoms with Crippen LogP contribution in [-0.2, 0) is 0 Å². The molecule has 0 heterocycles. The Bertz CT molecular complexity index is 248. The smallest absolute Gasteiger partial charge is 0.0193 e. The van der Waals surface area contributed by atoms with Gasteiger partial charge >= 0.3 is 0 Å². The average molecular weight is 206 g/mol. The highest BCUT2D eigenvalue weighted by Gasteiger charge is 2.00. The van der Waals surface area contributed by atoms with Crippen molar-refractivity contribution < 1.29 is 0 Å². The van der Waals surface area contributed by atoms with Crippen molar-refractivity contribution in [2.24, 2.45) is 0 Å². The summed E-state index contributed by atoms with van der Waals surface area (Å²) in [6, 6.07) is 8.76. The van der Waals surface area contributed by atoms with Crippen LogP contribution < -0.4 is 0 Å². The lowest BCUT2D eigenvalue weighted by molar-refractivity contribution is 0.733. The lowest BCUT2D eigenvalue weighted by atomic mass is 9.97. The summed E-state index contributed by atoms with van der Waals surface area (Å²) in [4.78, 5) is 0. The van der Waals surface area contributed by atoms with Crippen molar-refractivity contribution in [3.63, 3.8) is 0 Å². The van der Waals surface area contributed by atoms with E-state index in [-0.39, 0.29) is 0 Å². The molecule has 0 aliphatic heterocycles. The van der Waals surface area contributed by atoms with Crippen molar-refractivity contribution in [2.45, 2.75) is 59.8 Å². The fourth-order valence-corrected chi connectivity index (χ4v) is 1.21. The Morgan fingerprint density at radius 2 is 1.67 bits per heavy atom. The third-order valence-electron chi connectivity index (χ3n) is 2.72. The first-order chi connectivity index (χ1) is 7.15. The molecule has 0 N–H and O–H groups in total. The normalized spacial score (nSPS) is 11.5. The SMILES string of the molecule is CCC(C)c1cccc(C)c1.CCCC. The van der Waals surface area contributed by atoms with E-state index in [1.807, 2.05) is 0 Å². The summed E-state index contributed by atoms with van der Waals surface area (Å²) in [5.41, 5.74) is 2.83. The van der Waals surface area contributed by atoms with Crippen LogP contribution in [0, 0.1) is 6.92 Å². The van der Waals surface area contributed by atoms with Crippen LogP contribution in [0.5, 0.6) is 0 Å². The molecular weight excluding hydrogens is 180 g/mol. The van der Waals surface area contributed by atoms with Crippen LogP contribution in [0.15, 0.2) is 24.3 Å². The van der Waals surface area contributed by atoms with E-state index in [2.05, 4.69) is 58.9 Å². The first kappa shape index (κ1) is 14.2. The molecule has 1 rings (SSSR count). The van der Waals surface area contributed by atoms with Gasteiger partial charge in [-0.3, -0.25) is 0 Å². The number of hydrogen-bond acceptors (Lipinski definition) is 0. The molecule has 1 unspecified atom stereocenters. The highest BCUT2D eigenvalue weighted by Crippen LogP contribution is 2.18. The molecule has 86 valence electrons. The predicted molar refractivity (Wildman–Crippen MR) is 70.5 cm³/mol. The number of unbranched alkanes of at least 4 members (excludes halogenated alkanes) is 1. The quantitative estimate of drug-likeness (QED) is 0.628. The minimum Gasteiger partial charge on any atom is -0.0654 e. The van der Waals surface area contributed by atoms with Gasteiger partial charge in [-0.15, -0.1) is 0 Å². The van der Waals surface area contributed by atoms with Crippen molar-refractivity contribution in [3.05, 3.63) is 35.4 Å². The van der Waals surface area contributed by atoms with Gasteiger partial charge in [0.15, 0.2) is 0 Å². The van der Waals surface area contributed by atoms with Crippen molar-refractivity contribution in [1.29, 1.82) is 0 Å². The van der Waals surface area contributed by atoms with E-state index in [9.17, 15) is 0 Å². The number of hydrogen-bond donors (Lipinski definition) is 0. The van der Waals surface area contributed by atoms with Gasteiger partial charge in [0.2, 0.25) is 0 Å². The first-order valence-corrected chi connectivity index (χ1v) is 6.22. The van der Waals surface area contributed by atoms with Crippen molar-refractivity contribution >= 4 is 0 Å². The van der Waals surface area contributed by atoms with E-state index in [1.54, 1.807) is 0 Å². The molecule has 1 aromatic rings. The molecule has 0 spiro atoms. The topological polar surface area (TPSA) is 0 Å². The van der Waals surface area contributed by atoms with E-state index < -0.39 is 0 Å². The Morgan fingerprint density at radius 3 is 2.07 bits per heavy atom. The molecule has 0 heteroatoms. The summed E-state index contributed by atoms with van der Waals surface area (Å²) in [7, 11) is 0. The molecule has 0 amide bonds. The van der Waals surface area contributed by atoms with Gasteiger partial charge in [-0.2, -0.15) is 0 Å². The molecule has 0 bridgehead atoms. The summed E-state index contributed by atoms with van der Waals surface area (Å²) >= 11 is 0. The van der Waals surface area contributed by atoms with E-state index in [1.165, 1.54) is 30.4 Å². The van der Waals surface area contributed by atoms with E-state index in [4.69, 9.17) is 0 Å². The molecule has 0 aliphatic carbocycles. The molecule has 1 atom stereocenters. The Labute approximate surface area is 95.7 Å². The second-order valence-corrected chi connectivity index (χ2v) is 4.22. The van der Waals surface area contributed by atoms with E-state index >= 15 is 0 Å². The zero-order chi connectivity index (χ0) is 11.7. The van der Waals surface area contributed by atoms with Gasteiger partial charge < -0.3 is 0 Å². The minimum atomic E-state index is 0.704. The summed E-state index contributed by atoms with van der Waals surface area (Å²) in [6.45, 7) is 11.0. The predicted octanol–water partition coefficient (Wildman–Crippen LogP) is 5.31. The number of aryl methyl sites for hydroxylation is 1. The van der Waals surface area contributed by atoms with Crippen LogP contribution in [0.4, 0.5) is 0 Å². The van der Waals surface area contributed by atoms with Crippen LogP contribution in [0.1, 0.15) is 64.0 Å². The van der Waals surface area contributed by atoms with Crippen LogP contribution in [0.2, 0.25) is 0 Å². The molecule has 0 fully saturated rings. The lowest BCUT2D eigenvalue weighted by Gasteiger charge is -2.08. The van der Waals surface area contributed by atoms with Gasteiger partial charge in [-0.25, -0.2) is 0 Å². The lowest BCUT2D eigenvalue weighted by Crippen LogP contribution is -1.90. The molecule has 1 aromatic carbocycles. The third kappa shape index (κ3) is 6.33. The highest BCUT2D eigenvalue weighted by atomic mass is 14.1. The second kappa shape index (κ2) is 8.52. The molecule has 0 nitrogen and oxygen atoms in total. The molecule has 0 aromatic heterocycles. The molecule has 0 radical (unpaired) electrons. The van der Waals surface area contributed by atoms with Crippen molar-refractivity contribution in [3.8, 4) is 0 Å². The maximum absolute atomic E-state index is 2.27. The summed E-state index contributed by atoms with van der Waals surface area (Å²) in [5, 5.41) is 0. The number of rotatable bonds is 3. The Morgan fingerprint density at radius 1 is 1.07 bits per heavy atom. The van der Waals surface area contributed by atoms with Crippen LogP contribution in [0.3, 0.4) is 0 Å². The summed E-state index contributed by atoms with van der Waals surface area (Å²) in [6.07, 6.45) is 3.86. The van der Waals surface area contributed by atoms with Crippen LogP contribution >= 0.6 is 0 Å². The van der Waals surface area contributed by atoms with Gasteiger partial charge in [0.1, 0.15) is 0 Å². The largest absolute Gasteiger partial charge is 0.0654 e. The van der Waals surface area contributed by atoms with Gasteiger partial charge in [-0.1, -0.05) is 70.4 Å². The Kier molecular flexibility index (Phi) is 8.08. The van der Waals surface area contributed by atoms with Crippen molar-refractivity contribution in [2.75, 3.05) is 0 Å². The maximum Gasteiger partial charge on any atom is -0.0193 e. The maximum atomic E-state index is 2.27. The summed E-state index contributed by atoms with van der Waals surface area (Å²) < 4.78 is 0. The number of benzene rings is 1. The van der Waals surface area contributed by atoms with Gasteiger partial charge in [0.05, 0.1) is 0 Å². The highest BCUT2D eigenvalue weighted by molar-refractivity contribution is 5.24. The first-order valence-electron chi connectivity index (χ1n) is 6.22. The van der Waals surface area contributed by atoms with E-state index in [0.29, 0.717) is 5.92 Å². The van der Waals surface area contributed by atoms with Gasteiger partial charge in [0, 0.05) is 0 Å². The fraction of sp³-hybridized carbons (Fsp3) is 0.600.